The molecular weight excluding hydrogens is 308 g/mol. The van der Waals surface area contributed by atoms with E-state index in [1.807, 2.05) is 38.1 Å². The fourth-order valence-corrected chi connectivity index (χ4v) is 2.39. The number of rotatable bonds is 4. The Morgan fingerprint density at radius 3 is 2.47 bits per heavy atom. The number of imide groups is 1. The molecule has 0 saturated carbocycles. The van der Waals surface area contributed by atoms with E-state index < -0.39 is 0 Å². The van der Waals surface area contributed by atoms with E-state index in [9.17, 15) is 9.59 Å². The Labute approximate surface area is 121 Å². The fourth-order valence-electron chi connectivity index (χ4n) is 2.13. The molecule has 1 N–H and O–H groups in total. The number of amides is 3. The number of benzene rings is 1. The third-order valence-corrected chi connectivity index (χ3v) is 3.60. The molecule has 1 aliphatic rings. The van der Waals surface area contributed by atoms with Crippen molar-refractivity contribution in [3.05, 3.63) is 34.3 Å². The first kappa shape index (κ1) is 14.1. The Hall–Kier alpha value is -1.36. The van der Waals surface area contributed by atoms with Gasteiger partial charge in [-0.25, -0.2) is 4.79 Å². The van der Waals surface area contributed by atoms with Crippen molar-refractivity contribution in [2.45, 2.75) is 32.9 Å². The number of carbonyl (C=O) groups is 2. The zero-order valence-corrected chi connectivity index (χ0v) is 12.6. The molecule has 102 valence electrons. The van der Waals surface area contributed by atoms with Gasteiger partial charge in [0.05, 0.1) is 6.54 Å². The van der Waals surface area contributed by atoms with Crippen LogP contribution in [0.1, 0.15) is 25.8 Å². The van der Waals surface area contributed by atoms with Gasteiger partial charge in [-0.15, -0.1) is 0 Å². The van der Waals surface area contributed by atoms with Gasteiger partial charge in [-0.2, -0.15) is 0 Å². The van der Waals surface area contributed by atoms with Crippen LogP contribution >= 0.6 is 15.9 Å². The minimum Gasteiger partial charge on any atom is -0.326 e. The molecule has 0 aliphatic carbocycles. The van der Waals surface area contributed by atoms with E-state index >= 15 is 0 Å². The van der Waals surface area contributed by atoms with Crippen LogP contribution in [0.2, 0.25) is 0 Å². The van der Waals surface area contributed by atoms with Crippen LogP contribution in [-0.2, 0) is 11.3 Å². The lowest BCUT2D eigenvalue weighted by Crippen LogP contribution is -2.31. The Morgan fingerprint density at radius 1 is 1.26 bits per heavy atom. The van der Waals surface area contributed by atoms with Crippen LogP contribution in [0.25, 0.3) is 0 Å². The van der Waals surface area contributed by atoms with Crippen LogP contribution in [0.5, 0.6) is 0 Å². The second-order valence-corrected chi connectivity index (χ2v) is 6.10. The van der Waals surface area contributed by atoms with Gasteiger partial charge in [-0.3, -0.25) is 9.69 Å². The van der Waals surface area contributed by atoms with Crippen molar-refractivity contribution in [1.82, 2.24) is 10.2 Å². The van der Waals surface area contributed by atoms with E-state index in [1.165, 1.54) is 4.90 Å². The highest BCUT2D eigenvalue weighted by atomic mass is 79.9. The first-order valence-electron chi connectivity index (χ1n) is 6.33. The van der Waals surface area contributed by atoms with E-state index in [0.29, 0.717) is 18.9 Å². The lowest BCUT2D eigenvalue weighted by molar-refractivity contribution is -0.128. The minimum atomic E-state index is -0.372. The second-order valence-electron chi connectivity index (χ2n) is 5.18. The Kier molecular flexibility index (Phi) is 4.24. The number of nitrogens with one attached hydrogen (secondary N) is 1. The zero-order valence-electron chi connectivity index (χ0n) is 11.0. The van der Waals surface area contributed by atoms with E-state index in [-0.39, 0.29) is 18.0 Å². The summed E-state index contributed by atoms with van der Waals surface area (Å²) in [4.78, 5) is 25.3. The van der Waals surface area contributed by atoms with E-state index in [0.717, 1.165) is 10.0 Å². The Bertz CT molecular complexity index is 485. The molecule has 0 radical (unpaired) electrons. The van der Waals surface area contributed by atoms with Crippen LogP contribution in [0, 0.1) is 5.92 Å². The SMILES string of the molecule is CC(C)C[C@H]1NC(=O)N(Cc2ccc(Br)cc2)C1=O. The van der Waals surface area contributed by atoms with Crippen LogP contribution in [0.15, 0.2) is 28.7 Å². The summed E-state index contributed by atoms with van der Waals surface area (Å²) in [5.41, 5.74) is 0.942. The number of hydrogen-bond donors (Lipinski definition) is 1. The zero-order chi connectivity index (χ0) is 14.0. The van der Waals surface area contributed by atoms with Gasteiger partial charge < -0.3 is 5.32 Å². The summed E-state index contributed by atoms with van der Waals surface area (Å²) in [7, 11) is 0. The summed E-state index contributed by atoms with van der Waals surface area (Å²) in [6.45, 7) is 4.40. The summed E-state index contributed by atoms with van der Waals surface area (Å²) in [6, 6.07) is 6.95. The van der Waals surface area contributed by atoms with Gasteiger partial charge in [-0.1, -0.05) is 41.9 Å². The van der Waals surface area contributed by atoms with Crippen molar-refractivity contribution >= 4 is 27.9 Å². The highest BCUT2D eigenvalue weighted by Crippen LogP contribution is 2.18. The number of urea groups is 1. The van der Waals surface area contributed by atoms with Crippen molar-refractivity contribution in [3.8, 4) is 0 Å². The summed E-state index contributed by atoms with van der Waals surface area (Å²) in [6.07, 6.45) is 0.682. The highest BCUT2D eigenvalue weighted by Gasteiger charge is 2.37. The van der Waals surface area contributed by atoms with Gasteiger partial charge in [0.1, 0.15) is 6.04 Å². The van der Waals surface area contributed by atoms with Gasteiger partial charge in [0.15, 0.2) is 0 Å². The quantitative estimate of drug-likeness (QED) is 0.866. The lowest BCUT2D eigenvalue weighted by Gasteiger charge is -2.14. The molecule has 5 heteroatoms. The molecule has 19 heavy (non-hydrogen) atoms. The smallest absolute Gasteiger partial charge is 0.325 e. The first-order valence-corrected chi connectivity index (χ1v) is 7.13. The van der Waals surface area contributed by atoms with Crippen LogP contribution in [0.4, 0.5) is 4.79 Å². The van der Waals surface area contributed by atoms with Crippen molar-refractivity contribution in [1.29, 1.82) is 0 Å². The van der Waals surface area contributed by atoms with Gasteiger partial charge in [0.2, 0.25) is 0 Å². The summed E-state index contributed by atoms with van der Waals surface area (Å²) < 4.78 is 0.978. The number of hydrogen-bond acceptors (Lipinski definition) is 2. The molecule has 1 heterocycles. The molecule has 0 unspecified atom stereocenters. The lowest BCUT2D eigenvalue weighted by atomic mass is 10.0. The van der Waals surface area contributed by atoms with E-state index in [4.69, 9.17) is 0 Å². The number of carbonyl (C=O) groups excluding carboxylic acids is 2. The molecule has 0 bridgehead atoms. The molecule has 1 aromatic carbocycles. The summed E-state index contributed by atoms with van der Waals surface area (Å²) in [5, 5.41) is 2.74. The standard InChI is InChI=1S/C14H17BrN2O2/c1-9(2)7-12-13(18)17(14(19)16-12)8-10-3-5-11(15)6-4-10/h3-6,9,12H,7-8H2,1-2H3,(H,16,19)/t12-/m1/s1. The molecule has 1 aromatic rings. The normalized spacial score (nSPS) is 19.2. The van der Waals surface area contributed by atoms with Crippen molar-refractivity contribution in [3.63, 3.8) is 0 Å². The van der Waals surface area contributed by atoms with Crippen molar-refractivity contribution in [2.75, 3.05) is 0 Å². The predicted molar refractivity (Wildman–Crippen MR) is 76.5 cm³/mol. The maximum Gasteiger partial charge on any atom is 0.325 e. The minimum absolute atomic E-state index is 0.124. The van der Waals surface area contributed by atoms with Crippen LogP contribution in [0.3, 0.4) is 0 Å². The Balaban J connectivity index is 2.06. The van der Waals surface area contributed by atoms with Gasteiger partial charge in [0.25, 0.3) is 5.91 Å². The van der Waals surface area contributed by atoms with Gasteiger partial charge in [0, 0.05) is 4.47 Å². The molecule has 4 nitrogen and oxygen atoms in total. The maximum absolute atomic E-state index is 12.2. The molecule has 1 aliphatic heterocycles. The fraction of sp³-hybridized carbons (Fsp3) is 0.429. The molecule has 0 spiro atoms. The summed E-state index contributed by atoms with van der Waals surface area (Å²) in [5.74, 6) is 0.253. The van der Waals surface area contributed by atoms with Crippen molar-refractivity contribution in [2.24, 2.45) is 5.92 Å². The topological polar surface area (TPSA) is 49.4 Å². The third-order valence-electron chi connectivity index (χ3n) is 3.07. The second kappa shape index (κ2) is 5.74. The first-order chi connectivity index (χ1) is 8.97. The third kappa shape index (κ3) is 3.35. The number of nitrogens with zero attached hydrogens (tertiary/aromatic N) is 1. The predicted octanol–water partition coefficient (Wildman–Crippen LogP) is 2.92. The molecule has 1 atom stereocenters. The molecular formula is C14H17BrN2O2. The monoisotopic (exact) mass is 324 g/mol. The molecule has 3 amide bonds. The molecule has 2 rings (SSSR count). The van der Waals surface area contributed by atoms with Gasteiger partial charge >= 0.3 is 6.03 Å². The maximum atomic E-state index is 12.2. The largest absolute Gasteiger partial charge is 0.326 e. The van der Waals surface area contributed by atoms with E-state index in [1.54, 1.807) is 0 Å². The van der Waals surface area contributed by atoms with Gasteiger partial charge in [-0.05, 0) is 30.0 Å². The molecule has 1 saturated heterocycles. The Morgan fingerprint density at radius 2 is 1.89 bits per heavy atom. The van der Waals surface area contributed by atoms with Crippen molar-refractivity contribution < 1.29 is 9.59 Å². The molecule has 0 aromatic heterocycles. The van der Waals surface area contributed by atoms with E-state index in [2.05, 4.69) is 21.2 Å². The number of halogens is 1. The molecule has 1 fully saturated rings. The average Bonchev–Trinajstić information content (AvgIpc) is 2.59. The van der Waals surface area contributed by atoms with Crippen LogP contribution < -0.4 is 5.32 Å². The van der Waals surface area contributed by atoms with Crippen LogP contribution in [-0.4, -0.2) is 22.9 Å². The summed E-state index contributed by atoms with van der Waals surface area (Å²) >= 11 is 3.36. The highest BCUT2D eigenvalue weighted by molar-refractivity contribution is 9.10. The average molecular weight is 325 g/mol.